The molecule has 2 N–H and O–H groups in total. The predicted molar refractivity (Wildman–Crippen MR) is 99.1 cm³/mol. The van der Waals surface area contributed by atoms with Gasteiger partial charge in [-0.2, -0.15) is 0 Å². The summed E-state index contributed by atoms with van der Waals surface area (Å²) in [5.74, 6) is 1.67. The number of rotatable bonds is 8. The molecule has 0 spiro atoms. The van der Waals surface area contributed by atoms with E-state index in [9.17, 15) is 10.2 Å². The summed E-state index contributed by atoms with van der Waals surface area (Å²) in [5, 5.41) is 19.2. The second-order valence-corrected chi connectivity index (χ2v) is 5.61. The van der Waals surface area contributed by atoms with Crippen molar-refractivity contribution in [2.45, 2.75) is 33.1 Å². The van der Waals surface area contributed by atoms with E-state index in [4.69, 9.17) is 9.47 Å². The van der Waals surface area contributed by atoms with Crippen molar-refractivity contribution in [3.05, 3.63) is 72.2 Å². The second-order valence-electron chi connectivity index (χ2n) is 5.61. The van der Waals surface area contributed by atoms with Crippen LogP contribution in [0.1, 0.15) is 31.4 Å². The van der Waals surface area contributed by atoms with Gasteiger partial charge in [0.2, 0.25) is 0 Å². The molecule has 2 aromatic carbocycles. The van der Waals surface area contributed by atoms with Gasteiger partial charge in [0, 0.05) is 12.1 Å². The highest BCUT2D eigenvalue weighted by Gasteiger charge is 2.08. The molecule has 0 aliphatic rings. The van der Waals surface area contributed by atoms with Crippen LogP contribution < -0.4 is 9.47 Å². The highest BCUT2D eigenvalue weighted by molar-refractivity contribution is 5.42. The van der Waals surface area contributed by atoms with Gasteiger partial charge >= 0.3 is 0 Å². The van der Waals surface area contributed by atoms with Crippen LogP contribution in [0.25, 0.3) is 0 Å². The third kappa shape index (κ3) is 5.60. The fourth-order valence-corrected chi connectivity index (χ4v) is 2.45. The van der Waals surface area contributed by atoms with Crippen molar-refractivity contribution in [1.29, 1.82) is 0 Å². The molecule has 0 aliphatic heterocycles. The van der Waals surface area contributed by atoms with Gasteiger partial charge in [-0.15, -0.1) is 0 Å². The summed E-state index contributed by atoms with van der Waals surface area (Å²) in [6.07, 6.45) is 9.29. The Morgan fingerprint density at radius 1 is 0.840 bits per heavy atom. The minimum atomic E-state index is 0.0695. The molecule has 0 aromatic heterocycles. The zero-order valence-corrected chi connectivity index (χ0v) is 14.6. The van der Waals surface area contributed by atoms with Crippen LogP contribution in [0.5, 0.6) is 23.0 Å². The zero-order chi connectivity index (χ0) is 18.1. The first-order chi connectivity index (χ1) is 12.1. The van der Waals surface area contributed by atoms with Gasteiger partial charge in [-0.25, -0.2) is 0 Å². The molecule has 25 heavy (non-hydrogen) atoms. The Morgan fingerprint density at radius 3 is 2.24 bits per heavy atom. The lowest BCUT2D eigenvalue weighted by Gasteiger charge is -2.11. The molecule has 4 heteroatoms. The highest BCUT2D eigenvalue weighted by atomic mass is 16.5. The number of phenols is 2. The van der Waals surface area contributed by atoms with Crippen LogP contribution in [-0.4, -0.2) is 10.2 Å². The number of benzene rings is 2. The maximum atomic E-state index is 9.86. The Hall–Kier alpha value is -2.88. The molecule has 0 aliphatic carbocycles. The molecule has 0 unspecified atom stereocenters. The lowest BCUT2D eigenvalue weighted by Crippen LogP contribution is -1.95. The van der Waals surface area contributed by atoms with Crippen LogP contribution in [0.3, 0.4) is 0 Å². The van der Waals surface area contributed by atoms with E-state index in [-0.39, 0.29) is 11.5 Å². The first kappa shape index (κ1) is 18.5. The van der Waals surface area contributed by atoms with E-state index in [1.807, 2.05) is 44.2 Å². The van der Waals surface area contributed by atoms with Gasteiger partial charge in [-0.3, -0.25) is 0 Å². The average molecular weight is 340 g/mol. The number of aromatic hydroxyl groups is 2. The molecular weight excluding hydrogens is 316 g/mol. The van der Waals surface area contributed by atoms with Crippen molar-refractivity contribution in [3.63, 3.8) is 0 Å². The van der Waals surface area contributed by atoms with Gasteiger partial charge in [0.1, 0.15) is 23.0 Å². The number of aryl methyl sites for hydroxylation is 2. The number of hydrogen-bond acceptors (Lipinski definition) is 4. The Kier molecular flexibility index (Phi) is 6.96. The molecule has 0 heterocycles. The van der Waals surface area contributed by atoms with Gasteiger partial charge in [-0.1, -0.05) is 24.3 Å². The van der Waals surface area contributed by atoms with Gasteiger partial charge in [0.15, 0.2) is 0 Å². The quantitative estimate of drug-likeness (QED) is 0.657. The maximum absolute atomic E-state index is 9.86. The lowest BCUT2D eigenvalue weighted by atomic mass is 10.0. The molecular formula is C21H24O4. The molecule has 0 saturated heterocycles. The molecule has 0 fully saturated rings. The standard InChI is InChI=1S/C21H24O4/c1-3-12-24-19-11-9-17(21(15-19)25-13-4-2)7-5-6-16-8-10-18(22)14-20(16)23/h3-4,8-15,22-23H,5-7H2,1-2H3. The van der Waals surface area contributed by atoms with Crippen LogP contribution in [0.2, 0.25) is 0 Å². The molecule has 132 valence electrons. The Bertz CT molecular complexity index is 748. The molecule has 0 atom stereocenters. The number of allylic oxidation sites excluding steroid dienone is 2. The summed E-state index contributed by atoms with van der Waals surface area (Å²) < 4.78 is 11.2. The molecule has 2 aromatic rings. The first-order valence-corrected chi connectivity index (χ1v) is 8.33. The largest absolute Gasteiger partial charge is 0.508 e. The van der Waals surface area contributed by atoms with Crippen molar-refractivity contribution in [2.75, 3.05) is 0 Å². The van der Waals surface area contributed by atoms with Gasteiger partial charge in [-0.05, 0) is 56.4 Å². The number of phenolic OH excluding ortho intramolecular Hbond substituents is 2. The summed E-state index contributed by atoms with van der Waals surface area (Å²) in [7, 11) is 0. The van der Waals surface area contributed by atoms with Crippen molar-refractivity contribution in [3.8, 4) is 23.0 Å². The van der Waals surface area contributed by atoms with E-state index in [1.54, 1.807) is 24.7 Å². The van der Waals surface area contributed by atoms with E-state index in [0.29, 0.717) is 6.42 Å². The third-order valence-electron chi connectivity index (χ3n) is 3.67. The Morgan fingerprint density at radius 2 is 1.52 bits per heavy atom. The Balaban J connectivity index is 2.06. The van der Waals surface area contributed by atoms with Crippen LogP contribution in [0, 0.1) is 0 Å². The second kappa shape index (κ2) is 9.42. The van der Waals surface area contributed by atoms with Crippen LogP contribution in [0.15, 0.2) is 61.1 Å². The highest BCUT2D eigenvalue weighted by Crippen LogP contribution is 2.28. The van der Waals surface area contributed by atoms with Crippen molar-refractivity contribution < 1.29 is 19.7 Å². The minimum absolute atomic E-state index is 0.0695. The SMILES string of the molecule is CC=COc1ccc(CCCc2ccc(O)cc2O)c(OC=CC)c1. The number of hydrogen-bond donors (Lipinski definition) is 2. The van der Waals surface area contributed by atoms with Crippen LogP contribution >= 0.6 is 0 Å². The van der Waals surface area contributed by atoms with Crippen molar-refractivity contribution in [2.24, 2.45) is 0 Å². The molecule has 0 saturated carbocycles. The summed E-state index contributed by atoms with van der Waals surface area (Å²) in [6, 6.07) is 10.5. The Labute approximate surface area is 148 Å². The lowest BCUT2D eigenvalue weighted by molar-refractivity contribution is 0.445. The third-order valence-corrected chi connectivity index (χ3v) is 3.67. The molecule has 0 radical (unpaired) electrons. The van der Waals surface area contributed by atoms with Gasteiger partial charge in [0.25, 0.3) is 0 Å². The van der Waals surface area contributed by atoms with Gasteiger partial charge < -0.3 is 19.7 Å². The zero-order valence-electron chi connectivity index (χ0n) is 14.6. The molecule has 0 bridgehead atoms. The first-order valence-electron chi connectivity index (χ1n) is 8.33. The van der Waals surface area contributed by atoms with E-state index >= 15 is 0 Å². The smallest absolute Gasteiger partial charge is 0.133 e. The number of ether oxygens (including phenoxy) is 2. The fraction of sp³-hybridized carbons (Fsp3) is 0.238. The van der Waals surface area contributed by atoms with Crippen LogP contribution in [0.4, 0.5) is 0 Å². The summed E-state index contributed by atoms with van der Waals surface area (Å²) >= 11 is 0. The summed E-state index contributed by atoms with van der Waals surface area (Å²) in [5.41, 5.74) is 1.89. The predicted octanol–water partition coefficient (Wildman–Crippen LogP) is 5.10. The van der Waals surface area contributed by atoms with Crippen molar-refractivity contribution >= 4 is 0 Å². The fourth-order valence-electron chi connectivity index (χ4n) is 2.45. The summed E-state index contributed by atoms with van der Waals surface area (Å²) in [6.45, 7) is 3.79. The molecule has 2 rings (SSSR count). The van der Waals surface area contributed by atoms with Gasteiger partial charge in [0.05, 0.1) is 12.5 Å². The van der Waals surface area contributed by atoms with E-state index in [2.05, 4.69) is 0 Å². The van der Waals surface area contributed by atoms with E-state index in [1.165, 1.54) is 6.07 Å². The van der Waals surface area contributed by atoms with E-state index in [0.717, 1.165) is 35.5 Å². The van der Waals surface area contributed by atoms with Crippen LogP contribution in [-0.2, 0) is 12.8 Å². The molecule has 4 nitrogen and oxygen atoms in total. The normalized spacial score (nSPS) is 11.3. The van der Waals surface area contributed by atoms with Crippen molar-refractivity contribution in [1.82, 2.24) is 0 Å². The average Bonchev–Trinajstić information content (AvgIpc) is 2.61. The summed E-state index contributed by atoms with van der Waals surface area (Å²) in [4.78, 5) is 0. The monoisotopic (exact) mass is 340 g/mol. The topological polar surface area (TPSA) is 58.9 Å². The minimum Gasteiger partial charge on any atom is -0.508 e. The molecule has 0 amide bonds. The van der Waals surface area contributed by atoms with E-state index < -0.39 is 0 Å². The maximum Gasteiger partial charge on any atom is 0.133 e.